The summed E-state index contributed by atoms with van der Waals surface area (Å²) in [5.41, 5.74) is 1.44. The largest absolute Gasteiger partial charge is 0.507 e. The molecule has 1 aliphatic heterocycles. The minimum absolute atomic E-state index is 0.0731. The quantitative estimate of drug-likeness (QED) is 0.127. The molecule has 3 aromatic carbocycles. The molecule has 1 unspecified atom stereocenters. The van der Waals surface area contributed by atoms with Crippen LogP contribution in [0.3, 0.4) is 0 Å². The third kappa shape index (κ3) is 5.60. The van der Waals surface area contributed by atoms with Gasteiger partial charge >= 0.3 is 5.91 Å². The van der Waals surface area contributed by atoms with Crippen molar-refractivity contribution < 1.29 is 28.9 Å². The van der Waals surface area contributed by atoms with Gasteiger partial charge in [0, 0.05) is 10.6 Å². The van der Waals surface area contributed by atoms with Crippen LogP contribution >= 0.6 is 22.9 Å². The fraction of sp³-hybridized carbons (Fsp3) is 0.258. The van der Waals surface area contributed by atoms with Gasteiger partial charge in [-0.15, -0.1) is 0 Å². The number of thiazole rings is 1. The number of aromatic nitrogens is 1. The summed E-state index contributed by atoms with van der Waals surface area (Å²) in [5.74, 6) is -0.0156. The number of nitrogens with zero attached hydrogens (tertiary/aromatic N) is 2. The van der Waals surface area contributed by atoms with Crippen LogP contribution in [0, 0.1) is 5.92 Å². The zero-order chi connectivity index (χ0) is 29.3. The van der Waals surface area contributed by atoms with E-state index < -0.39 is 17.7 Å². The summed E-state index contributed by atoms with van der Waals surface area (Å²) in [7, 11) is 3.04. The Morgan fingerprint density at radius 1 is 1.05 bits per heavy atom. The van der Waals surface area contributed by atoms with Crippen LogP contribution in [0.4, 0.5) is 5.13 Å². The van der Waals surface area contributed by atoms with E-state index in [1.54, 1.807) is 60.7 Å². The normalized spacial score (nSPS) is 16.5. The van der Waals surface area contributed by atoms with Gasteiger partial charge in [0.05, 0.1) is 42.7 Å². The van der Waals surface area contributed by atoms with Crippen LogP contribution in [0.15, 0.2) is 66.2 Å². The average molecular weight is 593 g/mol. The van der Waals surface area contributed by atoms with Crippen LogP contribution in [-0.2, 0) is 9.59 Å². The van der Waals surface area contributed by atoms with Gasteiger partial charge in [0.2, 0.25) is 0 Å². The average Bonchev–Trinajstić information content (AvgIpc) is 3.49. The summed E-state index contributed by atoms with van der Waals surface area (Å²) in [4.78, 5) is 33.2. The Bertz CT molecular complexity index is 1660. The van der Waals surface area contributed by atoms with Crippen molar-refractivity contribution in [3.8, 4) is 17.2 Å². The molecular formula is C31H29ClN2O6S. The fourth-order valence-corrected chi connectivity index (χ4v) is 5.91. The molecule has 4 aromatic rings. The first-order chi connectivity index (χ1) is 19.7. The van der Waals surface area contributed by atoms with Gasteiger partial charge in [-0.25, -0.2) is 4.98 Å². The molecule has 1 atom stereocenters. The molecule has 10 heteroatoms. The molecule has 2 heterocycles. The van der Waals surface area contributed by atoms with Crippen molar-refractivity contribution in [3.05, 3.63) is 82.4 Å². The van der Waals surface area contributed by atoms with E-state index in [-0.39, 0.29) is 11.3 Å². The summed E-state index contributed by atoms with van der Waals surface area (Å²) < 4.78 is 17.7. The minimum Gasteiger partial charge on any atom is -0.507 e. The number of Topliss-reactive ketones (excluding diaryl/α,β-unsaturated/α-hetero) is 1. The van der Waals surface area contributed by atoms with E-state index in [1.807, 2.05) is 0 Å². The lowest BCUT2D eigenvalue weighted by atomic mass is 9.95. The Labute approximate surface area is 246 Å². The zero-order valence-corrected chi connectivity index (χ0v) is 24.6. The third-order valence-electron chi connectivity index (χ3n) is 6.79. The number of carbonyl (C=O) groups is 2. The molecule has 0 radical (unpaired) electrons. The molecular weight excluding hydrogens is 564 g/mol. The van der Waals surface area contributed by atoms with Crippen LogP contribution in [-0.4, -0.2) is 42.6 Å². The molecule has 1 fully saturated rings. The van der Waals surface area contributed by atoms with E-state index in [9.17, 15) is 14.7 Å². The number of hydrogen-bond donors (Lipinski definition) is 1. The third-order valence-corrected chi connectivity index (χ3v) is 8.04. The number of methoxy groups -OCH3 is 2. The fourth-order valence-electron chi connectivity index (χ4n) is 4.64. The number of carbonyl (C=O) groups excluding carboxylic acids is 2. The summed E-state index contributed by atoms with van der Waals surface area (Å²) in [5, 5.41) is 12.3. The Kier molecular flexibility index (Phi) is 8.19. The van der Waals surface area contributed by atoms with Crippen molar-refractivity contribution in [1.29, 1.82) is 0 Å². The van der Waals surface area contributed by atoms with Gasteiger partial charge in [0.15, 0.2) is 16.6 Å². The van der Waals surface area contributed by atoms with Crippen LogP contribution < -0.4 is 19.1 Å². The van der Waals surface area contributed by atoms with E-state index in [0.717, 1.165) is 11.1 Å². The maximum absolute atomic E-state index is 13.6. The van der Waals surface area contributed by atoms with Crippen molar-refractivity contribution in [1.82, 2.24) is 4.98 Å². The van der Waals surface area contributed by atoms with E-state index in [1.165, 1.54) is 30.5 Å². The van der Waals surface area contributed by atoms with Crippen LogP contribution in [0.2, 0.25) is 5.02 Å². The second-order valence-corrected chi connectivity index (χ2v) is 11.4. The standard InChI is InChI=1S/C31H29ClN2O6S/c1-17(2)12-13-40-23-11-8-18(15-24(23)39-4)27-26(28(35)19-6-5-7-21(14-19)38-3)29(36)30(37)34(27)31-33-22-10-9-20(32)16-25(22)41-31/h5-11,14-17,27,35H,12-13H2,1-4H3. The highest BCUT2D eigenvalue weighted by atomic mass is 35.5. The van der Waals surface area contributed by atoms with Crippen LogP contribution in [0.25, 0.3) is 16.0 Å². The van der Waals surface area contributed by atoms with Crippen molar-refractivity contribution in [2.75, 3.05) is 25.7 Å². The molecule has 0 bridgehead atoms. The predicted molar refractivity (Wildman–Crippen MR) is 160 cm³/mol. The number of ether oxygens (including phenoxy) is 3. The molecule has 0 spiro atoms. The lowest BCUT2D eigenvalue weighted by Gasteiger charge is -2.24. The molecule has 1 aliphatic rings. The Balaban J connectivity index is 1.67. The van der Waals surface area contributed by atoms with Crippen molar-refractivity contribution >= 4 is 55.7 Å². The minimum atomic E-state index is -0.990. The molecule has 212 valence electrons. The SMILES string of the molecule is COc1cccc(C(O)=C2C(=O)C(=O)N(c3nc4ccc(Cl)cc4s3)C2c2ccc(OCCC(C)C)c(OC)c2)c1. The number of halogens is 1. The Morgan fingerprint density at radius 2 is 1.85 bits per heavy atom. The number of anilines is 1. The Morgan fingerprint density at radius 3 is 2.59 bits per heavy atom. The second kappa shape index (κ2) is 11.8. The first-order valence-electron chi connectivity index (χ1n) is 13.0. The molecule has 1 aromatic heterocycles. The van der Waals surface area contributed by atoms with E-state index in [2.05, 4.69) is 18.8 Å². The van der Waals surface area contributed by atoms with Crippen molar-refractivity contribution in [2.24, 2.45) is 5.92 Å². The number of ketones is 1. The summed E-state index contributed by atoms with van der Waals surface area (Å²) in [6, 6.07) is 16.1. The van der Waals surface area contributed by atoms with Gasteiger partial charge in [-0.05, 0) is 60.4 Å². The lowest BCUT2D eigenvalue weighted by Crippen LogP contribution is -2.29. The highest BCUT2D eigenvalue weighted by Crippen LogP contribution is 2.46. The van der Waals surface area contributed by atoms with Gasteiger partial charge in [-0.3, -0.25) is 14.5 Å². The second-order valence-electron chi connectivity index (χ2n) is 9.95. The van der Waals surface area contributed by atoms with E-state index in [4.69, 9.17) is 25.8 Å². The molecule has 0 aliphatic carbocycles. The van der Waals surface area contributed by atoms with Gasteiger partial charge < -0.3 is 19.3 Å². The number of amides is 1. The number of hydrogen-bond acceptors (Lipinski definition) is 8. The number of fused-ring (bicyclic) bond motifs is 1. The first-order valence-corrected chi connectivity index (χ1v) is 14.2. The summed E-state index contributed by atoms with van der Waals surface area (Å²) in [6.45, 7) is 4.74. The highest BCUT2D eigenvalue weighted by molar-refractivity contribution is 7.22. The molecule has 5 rings (SSSR count). The number of aliphatic hydroxyl groups excluding tert-OH is 1. The smallest absolute Gasteiger partial charge is 0.301 e. The topological polar surface area (TPSA) is 98.2 Å². The Hall–Kier alpha value is -4.08. The monoisotopic (exact) mass is 592 g/mol. The molecule has 8 nitrogen and oxygen atoms in total. The zero-order valence-electron chi connectivity index (χ0n) is 23.0. The number of benzene rings is 3. The molecule has 41 heavy (non-hydrogen) atoms. The lowest BCUT2D eigenvalue weighted by molar-refractivity contribution is -0.132. The van der Waals surface area contributed by atoms with Gasteiger partial charge in [0.1, 0.15) is 11.5 Å². The van der Waals surface area contributed by atoms with Gasteiger partial charge in [-0.2, -0.15) is 0 Å². The van der Waals surface area contributed by atoms with Gasteiger partial charge in [0.25, 0.3) is 5.78 Å². The van der Waals surface area contributed by atoms with E-state index in [0.29, 0.717) is 56.6 Å². The highest BCUT2D eigenvalue weighted by Gasteiger charge is 2.48. The van der Waals surface area contributed by atoms with Crippen LogP contribution in [0.5, 0.6) is 17.2 Å². The molecule has 1 amide bonds. The predicted octanol–water partition coefficient (Wildman–Crippen LogP) is 7.02. The molecule has 1 N–H and O–H groups in total. The number of rotatable bonds is 9. The first kappa shape index (κ1) is 28.4. The van der Waals surface area contributed by atoms with Gasteiger partial charge in [-0.1, -0.05) is 55.0 Å². The molecule has 1 saturated heterocycles. The van der Waals surface area contributed by atoms with Crippen molar-refractivity contribution in [2.45, 2.75) is 26.3 Å². The summed E-state index contributed by atoms with van der Waals surface area (Å²) in [6.07, 6.45) is 0.868. The van der Waals surface area contributed by atoms with Crippen LogP contribution in [0.1, 0.15) is 37.4 Å². The van der Waals surface area contributed by atoms with Crippen molar-refractivity contribution in [3.63, 3.8) is 0 Å². The maximum Gasteiger partial charge on any atom is 0.301 e. The molecule has 0 saturated carbocycles. The van der Waals surface area contributed by atoms with E-state index >= 15 is 0 Å². The maximum atomic E-state index is 13.6. The summed E-state index contributed by atoms with van der Waals surface area (Å²) >= 11 is 7.42. The number of aliphatic hydroxyl groups is 1.